The molecule has 0 saturated carbocycles. The Morgan fingerprint density at radius 3 is 2.43 bits per heavy atom. The van der Waals surface area contributed by atoms with Gasteiger partial charge in [-0.1, -0.05) is 12.1 Å². The van der Waals surface area contributed by atoms with Crippen molar-refractivity contribution >= 4 is 11.9 Å². The van der Waals surface area contributed by atoms with Crippen molar-refractivity contribution in [2.24, 2.45) is 5.92 Å². The molecule has 1 aromatic rings. The fourth-order valence-corrected chi connectivity index (χ4v) is 2.65. The first kappa shape index (κ1) is 15.5. The van der Waals surface area contributed by atoms with Crippen LogP contribution in [0.4, 0.5) is 4.39 Å². The number of carbonyl (C=O) groups excluding carboxylic acids is 2. The fourth-order valence-electron chi connectivity index (χ4n) is 2.65. The van der Waals surface area contributed by atoms with E-state index in [0.717, 1.165) is 24.8 Å². The molecule has 0 spiro atoms. The van der Waals surface area contributed by atoms with Crippen LogP contribution in [0.5, 0.6) is 0 Å². The third-order valence-electron chi connectivity index (χ3n) is 3.93. The number of ether oxygens (including phenoxy) is 1. The van der Waals surface area contributed by atoms with Crippen LogP contribution in [-0.4, -0.2) is 37.0 Å². The molecule has 1 aliphatic heterocycles. The maximum atomic E-state index is 12.9. The number of carbonyl (C=O) groups is 2. The Morgan fingerprint density at radius 2 is 1.86 bits per heavy atom. The topological polar surface area (TPSA) is 46.6 Å². The van der Waals surface area contributed by atoms with E-state index in [2.05, 4.69) is 4.74 Å². The minimum absolute atomic E-state index is 0.165. The molecule has 0 N–H and O–H groups in total. The van der Waals surface area contributed by atoms with E-state index in [1.807, 2.05) is 12.1 Å². The third kappa shape index (κ3) is 4.55. The molecular weight excluding hydrogens is 273 g/mol. The van der Waals surface area contributed by atoms with Crippen molar-refractivity contribution in [1.82, 2.24) is 4.90 Å². The van der Waals surface area contributed by atoms with Gasteiger partial charge < -0.3 is 9.64 Å². The highest BCUT2D eigenvalue weighted by atomic mass is 19.1. The SMILES string of the molecule is COC(=O)CC(=O)N1CCC(Cc2ccc(F)cc2)CC1. The number of rotatable bonds is 4. The Balaban J connectivity index is 1.79. The number of nitrogens with zero attached hydrogens (tertiary/aromatic N) is 1. The first-order valence-electron chi connectivity index (χ1n) is 7.17. The van der Waals surface area contributed by atoms with Gasteiger partial charge in [0.15, 0.2) is 0 Å². The quantitative estimate of drug-likeness (QED) is 0.631. The van der Waals surface area contributed by atoms with Crippen LogP contribution in [0, 0.1) is 11.7 Å². The van der Waals surface area contributed by atoms with E-state index in [1.54, 1.807) is 4.90 Å². The lowest BCUT2D eigenvalue weighted by Gasteiger charge is -2.32. The number of amides is 1. The molecule has 0 aromatic heterocycles. The number of halogens is 1. The predicted molar refractivity (Wildman–Crippen MR) is 76.0 cm³/mol. The molecule has 1 fully saturated rings. The summed E-state index contributed by atoms with van der Waals surface area (Å²) < 4.78 is 17.4. The summed E-state index contributed by atoms with van der Waals surface area (Å²) >= 11 is 0. The van der Waals surface area contributed by atoms with Crippen molar-refractivity contribution in [2.45, 2.75) is 25.7 Å². The molecule has 21 heavy (non-hydrogen) atoms. The summed E-state index contributed by atoms with van der Waals surface area (Å²) in [5, 5.41) is 0. The smallest absolute Gasteiger partial charge is 0.315 e. The van der Waals surface area contributed by atoms with E-state index in [1.165, 1.54) is 19.2 Å². The predicted octanol–water partition coefficient (Wildman–Crippen LogP) is 2.17. The number of hydrogen-bond acceptors (Lipinski definition) is 3. The molecule has 0 unspecified atom stereocenters. The molecule has 5 heteroatoms. The molecule has 0 atom stereocenters. The number of piperidine rings is 1. The minimum Gasteiger partial charge on any atom is -0.469 e. The van der Waals surface area contributed by atoms with Crippen LogP contribution in [0.15, 0.2) is 24.3 Å². The number of likely N-dealkylation sites (tertiary alicyclic amines) is 1. The van der Waals surface area contributed by atoms with Crippen molar-refractivity contribution in [3.63, 3.8) is 0 Å². The molecule has 1 amide bonds. The van der Waals surface area contributed by atoms with Gasteiger partial charge in [0.05, 0.1) is 7.11 Å². The Kier molecular flexibility index (Phi) is 5.31. The van der Waals surface area contributed by atoms with Crippen LogP contribution in [-0.2, 0) is 20.7 Å². The first-order chi connectivity index (χ1) is 10.1. The number of hydrogen-bond donors (Lipinski definition) is 0. The molecule has 1 aliphatic rings. The number of methoxy groups -OCH3 is 1. The van der Waals surface area contributed by atoms with E-state index < -0.39 is 5.97 Å². The zero-order valence-corrected chi connectivity index (χ0v) is 12.2. The second-order valence-corrected chi connectivity index (χ2v) is 5.41. The van der Waals surface area contributed by atoms with Gasteiger partial charge in [-0.15, -0.1) is 0 Å². The van der Waals surface area contributed by atoms with E-state index in [4.69, 9.17) is 0 Å². The molecule has 4 nitrogen and oxygen atoms in total. The summed E-state index contributed by atoms with van der Waals surface area (Å²) in [5.74, 6) is -0.380. The molecule has 114 valence electrons. The summed E-state index contributed by atoms with van der Waals surface area (Å²) in [6.07, 6.45) is 2.53. The van der Waals surface area contributed by atoms with Crippen molar-refractivity contribution in [2.75, 3.05) is 20.2 Å². The van der Waals surface area contributed by atoms with E-state index in [9.17, 15) is 14.0 Å². The summed E-state index contributed by atoms with van der Waals surface area (Å²) in [5.41, 5.74) is 1.12. The van der Waals surface area contributed by atoms with Crippen molar-refractivity contribution in [1.29, 1.82) is 0 Å². The van der Waals surface area contributed by atoms with E-state index in [0.29, 0.717) is 19.0 Å². The van der Waals surface area contributed by atoms with Crippen LogP contribution in [0.3, 0.4) is 0 Å². The molecular formula is C16H20FNO3. The zero-order chi connectivity index (χ0) is 15.2. The zero-order valence-electron chi connectivity index (χ0n) is 12.2. The standard InChI is InChI=1S/C16H20FNO3/c1-21-16(20)11-15(19)18-8-6-13(7-9-18)10-12-2-4-14(17)5-3-12/h2-5,13H,6-11H2,1H3. The number of esters is 1. The van der Waals surface area contributed by atoms with Crippen molar-refractivity contribution in [3.05, 3.63) is 35.6 Å². The second-order valence-electron chi connectivity index (χ2n) is 5.41. The van der Waals surface area contributed by atoms with Crippen LogP contribution < -0.4 is 0 Å². The third-order valence-corrected chi connectivity index (χ3v) is 3.93. The molecule has 0 bridgehead atoms. The highest BCUT2D eigenvalue weighted by molar-refractivity contribution is 5.94. The maximum absolute atomic E-state index is 12.9. The lowest BCUT2D eigenvalue weighted by Crippen LogP contribution is -2.39. The first-order valence-corrected chi connectivity index (χ1v) is 7.17. The Bertz CT molecular complexity index is 493. The normalized spacial score (nSPS) is 15.8. The van der Waals surface area contributed by atoms with Gasteiger partial charge in [0.25, 0.3) is 0 Å². The van der Waals surface area contributed by atoms with Crippen molar-refractivity contribution in [3.8, 4) is 0 Å². The average molecular weight is 293 g/mol. The minimum atomic E-state index is -0.492. The largest absolute Gasteiger partial charge is 0.469 e. The summed E-state index contributed by atoms with van der Waals surface area (Å²) in [4.78, 5) is 24.7. The van der Waals surface area contributed by atoms with Gasteiger partial charge >= 0.3 is 5.97 Å². The lowest BCUT2D eigenvalue weighted by atomic mass is 9.90. The molecule has 0 radical (unpaired) electrons. The second kappa shape index (κ2) is 7.20. The molecule has 0 aliphatic carbocycles. The molecule has 1 aromatic carbocycles. The van der Waals surface area contributed by atoms with E-state index in [-0.39, 0.29) is 18.1 Å². The van der Waals surface area contributed by atoms with Crippen molar-refractivity contribution < 1.29 is 18.7 Å². The Hall–Kier alpha value is -1.91. The van der Waals surface area contributed by atoms with Gasteiger partial charge in [-0.05, 0) is 42.9 Å². The monoisotopic (exact) mass is 293 g/mol. The van der Waals surface area contributed by atoms with E-state index >= 15 is 0 Å². The van der Waals surface area contributed by atoms with Gasteiger partial charge in [-0.25, -0.2) is 4.39 Å². The van der Waals surface area contributed by atoms with Crippen LogP contribution in [0.1, 0.15) is 24.8 Å². The molecule has 1 saturated heterocycles. The highest BCUT2D eigenvalue weighted by Crippen LogP contribution is 2.22. The Morgan fingerprint density at radius 1 is 1.24 bits per heavy atom. The maximum Gasteiger partial charge on any atom is 0.315 e. The van der Waals surface area contributed by atoms with Crippen LogP contribution >= 0.6 is 0 Å². The number of benzene rings is 1. The molecule has 2 rings (SSSR count). The lowest BCUT2D eigenvalue weighted by molar-refractivity contribution is -0.147. The Labute approximate surface area is 123 Å². The highest BCUT2D eigenvalue weighted by Gasteiger charge is 2.24. The van der Waals surface area contributed by atoms with Gasteiger partial charge in [-0.3, -0.25) is 9.59 Å². The van der Waals surface area contributed by atoms with Gasteiger partial charge in [0, 0.05) is 13.1 Å². The van der Waals surface area contributed by atoms with Crippen LogP contribution in [0.25, 0.3) is 0 Å². The van der Waals surface area contributed by atoms with Gasteiger partial charge in [0.1, 0.15) is 12.2 Å². The summed E-state index contributed by atoms with van der Waals surface area (Å²) in [6.45, 7) is 1.34. The van der Waals surface area contributed by atoms with Gasteiger partial charge in [-0.2, -0.15) is 0 Å². The average Bonchev–Trinajstić information content (AvgIpc) is 2.50. The summed E-state index contributed by atoms with van der Waals surface area (Å²) in [6, 6.07) is 6.57. The summed E-state index contributed by atoms with van der Waals surface area (Å²) in [7, 11) is 1.28. The fraction of sp³-hybridized carbons (Fsp3) is 0.500. The molecule has 1 heterocycles. The van der Waals surface area contributed by atoms with Gasteiger partial charge in [0.2, 0.25) is 5.91 Å². The van der Waals surface area contributed by atoms with Crippen LogP contribution in [0.2, 0.25) is 0 Å².